The van der Waals surface area contributed by atoms with E-state index in [0.717, 1.165) is 25.7 Å². The Bertz CT molecular complexity index is 432. The van der Waals surface area contributed by atoms with E-state index in [4.69, 9.17) is 10.5 Å². The third kappa shape index (κ3) is 4.52. The van der Waals surface area contributed by atoms with Crippen LogP contribution < -0.4 is 5.73 Å². The average molecular weight is 311 g/mol. The highest BCUT2D eigenvalue weighted by atomic mass is 32.1. The molecule has 0 spiro atoms. The van der Waals surface area contributed by atoms with Gasteiger partial charge in [-0.1, -0.05) is 20.8 Å². The van der Waals surface area contributed by atoms with Crippen molar-refractivity contribution in [3.63, 3.8) is 0 Å². The van der Waals surface area contributed by atoms with Crippen LogP contribution >= 0.6 is 11.3 Å². The molecule has 0 radical (unpaired) electrons. The van der Waals surface area contributed by atoms with Crippen molar-refractivity contribution in [3.8, 4) is 0 Å². The fraction of sp³-hybridized carbons (Fsp3) is 0.765. The highest BCUT2D eigenvalue weighted by Crippen LogP contribution is 2.34. The summed E-state index contributed by atoms with van der Waals surface area (Å²) in [6.45, 7) is 10.4. The monoisotopic (exact) mass is 310 g/mol. The third-order valence-electron chi connectivity index (χ3n) is 4.34. The van der Waals surface area contributed by atoms with E-state index in [1.54, 1.807) is 0 Å². The van der Waals surface area contributed by atoms with Crippen LogP contribution in [0, 0.1) is 5.92 Å². The minimum atomic E-state index is 0.224. The van der Waals surface area contributed by atoms with Gasteiger partial charge in [-0.25, -0.2) is 0 Å². The molecule has 1 saturated heterocycles. The molecule has 1 aromatic heterocycles. The summed E-state index contributed by atoms with van der Waals surface area (Å²) >= 11 is 1.92. The summed E-state index contributed by atoms with van der Waals surface area (Å²) in [5.74, 6) is 0.750. The van der Waals surface area contributed by atoms with Crippen molar-refractivity contribution in [1.29, 1.82) is 0 Å². The fourth-order valence-electron chi connectivity index (χ4n) is 2.91. The van der Waals surface area contributed by atoms with Crippen LogP contribution in [-0.4, -0.2) is 38.3 Å². The molecule has 0 aliphatic carbocycles. The quantitative estimate of drug-likeness (QED) is 0.906. The Morgan fingerprint density at radius 3 is 2.52 bits per heavy atom. The molecule has 0 saturated carbocycles. The fourth-order valence-corrected chi connectivity index (χ4v) is 4.16. The Balaban J connectivity index is 2.02. The average Bonchev–Trinajstić information content (AvgIpc) is 2.90. The van der Waals surface area contributed by atoms with Crippen LogP contribution in [0.15, 0.2) is 12.1 Å². The molecular weight excluding hydrogens is 280 g/mol. The van der Waals surface area contributed by atoms with Gasteiger partial charge in [0.2, 0.25) is 0 Å². The first kappa shape index (κ1) is 16.9. The summed E-state index contributed by atoms with van der Waals surface area (Å²) in [6.07, 6.45) is 2.36. The van der Waals surface area contributed by atoms with Crippen LogP contribution in [0.25, 0.3) is 0 Å². The van der Waals surface area contributed by atoms with E-state index in [9.17, 15) is 0 Å². The van der Waals surface area contributed by atoms with E-state index in [1.165, 1.54) is 22.6 Å². The summed E-state index contributed by atoms with van der Waals surface area (Å²) in [5, 5.41) is 0. The second-order valence-electron chi connectivity index (χ2n) is 7.20. The molecule has 4 heteroatoms. The van der Waals surface area contributed by atoms with Crippen molar-refractivity contribution >= 4 is 11.3 Å². The van der Waals surface area contributed by atoms with Gasteiger partial charge in [0.1, 0.15) is 0 Å². The number of nitrogens with two attached hydrogens (primary N) is 1. The van der Waals surface area contributed by atoms with E-state index in [-0.39, 0.29) is 5.41 Å². The van der Waals surface area contributed by atoms with Gasteiger partial charge in [-0.3, -0.25) is 4.90 Å². The van der Waals surface area contributed by atoms with Crippen LogP contribution in [0.3, 0.4) is 0 Å². The molecule has 1 aromatic rings. The van der Waals surface area contributed by atoms with E-state index in [0.29, 0.717) is 12.6 Å². The van der Waals surface area contributed by atoms with E-state index in [1.807, 2.05) is 11.3 Å². The second kappa shape index (κ2) is 7.23. The van der Waals surface area contributed by atoms with Crippen LogP contribution in [0.1, 0.15) is 49.4 Å². The molecule has 2 heterocycles. The zero-order chi connectivity index (χ0) is 15.5. The lowest BCUT2D eigenvalue weighted by Gasteiger charge is -2.32. The molecule has 0 aromatic carbocycles. The van der Waals surface area contributed by atoms with Gasteiger partial charge in [0.05, 0.1) is 6.04 Å². The normalized spacial score (nSPS) is 19.1. The smallest absolute Gasteiger partial charge is 0.0562 e. The molecule has 2 rings (SSSR count). The van der Waals surface area contributed by atoms with Crippen molar-refractivity contribution in [2.24, 2.45) is 11.7 Å². The van der Waals surface area contributed by atoms with Gasteiger partial charge in [0.15, 0.2) is 0 Å². The molecule has 1 fully saturated rings. The van der Waals surface area contributed by atoms with E-state index < -0.39 is 0 Å². The van der Waals surface area contributed by atoms with Crippen LogP contribution in [0.4, 0.5) is 0 Å². The lowest BCUT2D eigenvalue weighted by atomic mass is 9.95. The molecule has 0 bridgehead atoms. The molecule has 1 unspecified atom stereocenters. The number of nitrogens with zero attached hydrogens (tertiary/aromatic N) is 1. The van der Waals surface area contributed by atoms with Crippen molar-refractivity contribution < 1.29 is 4.74 Å². The SMILES string of the molecule is CN(CC1CCOCC1)C(CN)c1ccc(C(C)(C)C)s1. The molecule has 120 valence electrons. The van der Waals surface area contributed by atoms with Gasteiger partial charge in [-0.2, -0.15) is 0 Å². The van der Waals surface area contributed by atoms with Crippen LogP contribution in [-0.2, 0) is 10.2 Å². The van der Waals surface area contributed by atoms with Gasteiger partial charge >= 0.3 is 0 Å². The molecule has 2 N–H and O–H groups in total. The van der Waals surface area contributed by atoms with Gasteiger partial charge in [0, 0.05) is 36.1 Å². The third-order valence-corrected chi connectivity index (χ3v) is 5.95. The molecule has 21 heavy (non-hydrogen) atoms. The Morgan fingerprint density at radius 1 is 1.33 bits per heavy atom. The first-order valence-corrected chi connectivity index (χ1v) is 8.81. The largest absolute Gasteiger partial charge is 0.381 e. The maximum atomic E-state index is 6.07. The van der Waals surface area contributed by atoms with Gasteiger partial charge in [0.25, 0.3) is 0 Å². The summed E-state index contributed by atoms with van der Waals surface area (Å²) in [7, 11) is 2.21. The Morgan fingerprint density at radius 2 is 2.00 bits per heavy atom. The molecular formula is C17H30N2OS. The minimum absolute atomic E-state index is 0.224. The lowest BCUT2D eigenvalue weighted by molar-refractivity contribution is 0.0509. The standard InChI is InChI=1S/C17H30N2OS/c1-17(2,3)16-6-5-15(21-16)14(11-18)19(4)12-13-7-9-20-10-8-13/h5-6,13-14H,7-12,18H2,1-4H3. The van der Waals surface area contributed by atoms with E-state index in [2.05, 4.69) is 44.9 Å². The van der Waals surface area contributed by atoms with Crippen molar-refractivity contribution in [3.05, 3.63) is 21.9 Å². The molecule has 1 aliphatic heterocycles. The number of rotatable bonds is 5. The van der Waals surface area contributed by atoms with Gasteiger partial charge in [-0.15, -0.1) is 11.3 Å². The topological polar surface area (TPSA) is 38.5 Å². The first-order valence-electron chi connectivity index (χ1n) is 8.00. The van der Waals surface area contributed by atoms with E-state index >= 15 is 0 Å². The molecule has 3 nitrogen and oxygen atoms in total. The number of ether oxygens (including phenoxy) is 1. The Kier molecular flexibility index (Phi) is 5.83. The maximum Gasteiger partial charge on any atom is 0.0562 e. The number of likely N-dealkylation sites (N-methyl/N-ethyl adjacent to an activating group) is 1. The molecule has 1 atom stereocenters. The summed E-state index contributed by atoms with van der Waals surface area (Å²) in [5.41, 5.74) is 6.29. The number of thiophene rings is 1. The molecule has 0 amide bonds. The highest BCUT2D eigenvalue weighted by Gasteiger charge is 2.24. The van der Waals surface area contributed by atoms with Gasteiger partial charge in [-0.05, 0) is 43.4 Å². The summed E-state index contributed by atoms with van der Waals surface area (Å²) < 4.78 is 5.45. The number of hydrogen-bond acceptors (Lipinski definition) is 4. The van der Waals surface area contributed by atoms with Crippen LogP contribution in [0.2, 0.25) is 0 Å². The lowest BCUT2D eigenvalue weighted by Crippen LogP contribution is -2.35. The first-order chi connectivity index (χ1) is 9.91. The summed E-state index contributed by atoms with van der Waals surface area (Å²) in [6, 6.07) is 4.88. The van der Waals surface area contributed by atoms with Crippen molar-refractivity contribution in [2.75, 3.05) is 33.4 Å². The minimum Gasteiger partial charge on any atom is -0.381 e. The Labute approximate surface area is 133 Å². The van der Waals surface area contributed by atoms with Gasteiger partial charge < -0.3 is 10.5 Å². The highest BCUT2D eigenvalue weighted by molar-refractivity contribution is 7.12. The molecule has 1 aliphatic rings. The predicted molar refractivity (Wildman–Crippen MR) is 91.0 cm³/mol. The van der Waals surface area contributed by atoms with Crippen molar-refractivity contribution in [1.82, 2.24) is 4.90 Å². The second-order valence-corrected chi connectivity index (χ2v) is 8.31. The van der Waals surface area contributed by atoms with Crippen LogP contribution in [0.5, 0.6) is 0 Å². The number of hydrogen-bond donors (Lipinski definition) is 1. The Hall–Kier alpha value is -0.420. The predicted octanol–water partition coefficient (Wildman–Crippen LogP) is 3.40. The zero-order valence-electron chi connectivity index (χ0n) is 13.9. The summed E-state index contributed by atoms with van der Waals surface area (Å²) in [4.78, 5) is 5.28. The zero-order valence-corrected chi connectivity index (χ0v) is 14.7. The van der Waals surface area contributed by atoms with Crippen molar-refractivity contribution in [2.45, 2.75) is 45.1 Å². The maximum absolute atomic E-state index is 6.07.